The van der Waals surface area contributed by atoms with Gasteiger partial charge in [0.05, 0.1) is 30.1 Å². The topological polar surface area (TPSA) is 106 Å². The Kier molecular flexibility index (Phi) is 3.42. The van der Waals surface area contributed by atoms with E-state index >= 15 is 0 Å². The Hall–Kier alpha value is -3.03. The van der Waals surface area contributed by atoms with Crippen LogP contribution in [0.2, 0.25) is 0 Å². The summed E-state index contributed by atoms with van der Waals surface area (Å²) in [6.07, 6.45) is 3.05. The number of carbonyl (C=O) groups is 1. The van der Waals surface area contributed by atoms with Crippen molar-refractivity contribution in [3.63, 3.8) is 0 Å². The monoisotopic (exact) mass is 284 g/mol. The van der Waals surface area contributed by atoms with E-state index in [0.717, 1.165) is 16.6 Å². The Balaban J connectivity index is 1.68. The van der Waals surface area contributed by atoms with Gasteiger partial charge in [0.25, 0.3) is 0 Å². The van der Waals surface area contributed by atoms with Crippen molar-refractivity contribution in [1.82, 2.24) is 25.2 Å². The molecule has 21 heavy (non-hydrogen) atoms. The number of carboxylic acids is 1. The molecule has 0 aliphatic heterocycles. The number of nitrogens with one attached hydrogen (secondary N) is 1. The molecule has 0 atom stereocenters. The SMILES string of the molecule is O=C(O)c1cn(CCNc2cnnc3ccccc23)nn1. The molecule has 0 spiro atoms. The van der Waals surface area contributed by atoms with Crippen LogP contribution in [0.1, 0.15) is 10.5 Å². The van der Waals surface area contributed by atoms with E-state index in [1.807, 2.05) is 24.3 Å². The summed E-state index contributed by atoms with van der Waals surface area (Å²) >= 11 is 0. The Labute approximate surface area is 119 Å². The van der Waals surface area contributed by atoms with Crippen LogP contribution in [0.4, 0.5) is 5.69 Å². The molecule has 0 aliphatic rings. The van der Waals surface area contributed by atoms with Gasteiger partial charge in [0.15, 0.2) is 5.69 Å². The molecule has 0 aliphatic carbocycles. The molecule has 2 heterocycles. The second-order valence-corrected chi connectivity index (χ2v) is 4.37. The Morgan fingerprint density at radius 2 is 2.14 bits per heavy atom. The number of rotatable bonds is 5. The lowest BCUT2D eigenvalue weighted by Gasteiger charge is -2.08. The number of carboxylic acid groups (broad SMARTS) is 1. The van der Waals surface area contributed by atoms with Crippen molar-refractivity contribution in [2.45, 2.75) is 6.54 Å². The highest BCUT2D eigenvalue weighted by molar-refractivity contribution is 5.90. The van der Waals surface area contributed by atoms with Crippen LogP contribution in [-0.2, 0) is 6.54 Å². The minimum atomic E-state index is -1.08. The fourth-order valence-electron chi connectivity index (χ4n) is 1.96. The van der Waals surface area contributed by atoms with E-state index in [9.17, 15) is 4.79 Å². The maximum atomic E-state index is 10.7. The molecule has 3 aromatic rings. The summed E-state index contributed by atoms with van der Waals surface area (Å²) in [5, 5.41) is 28.3. The summed E-state index contributed by atoms with van der Waals surface area (Å²) in [6, 6.07) is 7.70. The van der Waals surface area contributed by atoms with Crippen molar-refractivity contribution in [3.05, 3.63) is 42.4 Å². The molecule has 0 saturated heterocycles. The Morgan fingerprint density at radius 1 is 1.29 bits per heavy atom. The third-order valence-electron chi connectivity index (χ3n) is 2.96. The average Bonchev–Trinajstić information content (AvgIpc) is 2.97. The summed E-state index contributed by atoms with van der Waals surface area (Å²) in [5.74, 6) is -1.08. The van der Waals surface area contributed by atoms with E-state index in [1.165, 1.54) is 10.9 Å². The van der Waals surface area contributed by atoms with Gasteiger partial charge in [0, 0.05) is 11.9 Å². The zero-order valence-electron chi connectivity index (χ0n) is 11.0. The fraction of sp³-hybridized carbons (Fsp3) is 0.154. The van der Waals surface area contributed by atoms with Crippen molar-refractivity contribution in [2.24, 2.45) is 0 Å². The first kappa shape index (κ1) is 13.0. The van der Waals surface area contributed by atoms with Crippen LogP contribution in [0.5, 0.6) is 0 Å². The minimum absolute atomic E-state index is 0.0639. The molecule has 0 radical (unpaired) electrons. The van der Waals surface area contributed by atoms with Crippen molar-refractivity contribution in [2.75, 3.05) is 11.9 Å². The maximum absolute atomic E-state index is 10.7. The largest absolute Gasteiger partial charge is 0.476 e. The van der Waals surface area contributed by atoms with Crippen LogP contribution in [0.25, 0.3) is 10.9 Å². The molecule has 1 aromatic carbocycles. The highest BCUT2D eigenvalue weighted by Crippen LogP contribution is 2.19. The quantitative estimate of drug-likeness (QED) is 0.720. The van der Waals surface area contributed by atoms with Crippen molar-refractivity contribution >= 4 is 22.6 Å². The number of benzene rings is 1. The van der Waals surface area contributed by atoms with Crippen molar-refractivity contribution in [3.8, 4) is 0 Å². The first-order chi connectivity index (χ1) is 10.2. The van der Waals surface area contributed by atoms with Gasteiger partial charge in [0.1, 0.15) is 0 Å². The maximum Gasteiger partial charge on any atom is 0.358 e. The number of nitrogens with zero attached hydrogens (tertiary/aromatic N) is 5. The summed E-state index contributed by atoms with van der Waals surface area (Å²) in [4.78, 5) is 10.7. The van der Waals surface area contributed by atoms with Gasteiger partial charge in [-0.2, -0.15) is 10.2 Å². The predicted molar refractivity (Wildman–Crippen MR) is 75.0 cm³/mol. The Morgan fingerprint density at radius 3 is 2.95 bits per heavy atom. The molecule has 2 N–H and O–H groups in total. The van der Waals surface area contributed by atoms with Crippen LogP contribution in [0.15, 0.2) is 36.7 Å². The molecule has 3 rings (SSSR count). The number of anilines is 1. The van der Waals surface area contributed by atoms with E-state index in [2.05, 4.69) is 25.8 Å². The van der Waals surface area contributed by atoms with Gasteiger partial charge in [-0.1, -0.05) is 23.4 Å². The van der Waals surface area contributed by atoms with Gasteiger partial charge in [-0.3, -0.25) is 0 Å². The fourth-order valence-corrected chi connectivity index (χ4v) is 1.96. The highest BCUT2D eigenvalue weighted by Gasteiger charge is 2.08. The van der Waals surface area contributed by atoms with E-state index in [1.54, 1.807) is 6.20 Å². The van der Waals surface area contributed by atoms with Crippen LogP contribution >= 0.6 is 0 Å². The molecule has 0 bridgehead atoms. The van der Waals surface area contributed by atoms with Gasteiger partial charge in [-0.05, 0) is 6.07 Å². The number of hydrogen-bond acceptors (Lipinski definition) is 6. The first-order valence-corrected chi connectivity index (χ1v) is 6.32. The molecule has 0 unspecified atom stereocenters. The van der Waals surface area contributed by atoms with Gasteiger partial charge < -0.3 is 10.4 Å². The zero-order valence-corrected chi connectivity index (χ0v) is 11.0. The first-order valence-electron chi connectivity index (χ1n) is 6.32. The predicted octanol–water partition coefficient (Wildman–Crippen LogP) is 1.03. The lowest BCUT2D eigenvalue weighted by Crippen LogP contribution is -2.11. The molecule has 8 nitrogen and oxygen atoms in total. The Bertz CT molecular complexity index is 780. The summed E-state index contributed by atoms with van der Waals surface area (Å²) in [5.41, 5.74) is 1.63. The smallest absolute Gasteiger partial charge is 0.358 e. The zero-order chi connectivity index (χ0) is 14.7. The molecule has 0 saturated carbocycles. The second kappa shape index (κ2) is 5.53. The van der Waals surface area contributed by atoms with Crippen LogP contribution in [-0.4, -0.2) is 42.8 Å². The highest BCUT2D eigenvalue weighted by atomic mass is 16.4. The van der Waals surface area contributed by atoms with Crippen molar-refractivity contribution < 1.29 is 9.90 Å². The summed E-state index contributed by atoms with van der Waals surface area (Å²) in [7, 11) is 0. The van der Waals surface area contributed by atoms with E-state index in [-0.39, 0.29) is 5.69 Å². The molecule has 2 aromatic heterocycles. The van der Waals surface area contributed by atoms with Crippen molar-refractivity contribution in [1.29, 1.82) is 0 Å². The number of hydrogen-bond donors (Lipinski definition) is 2. The van der Waals surface area contributed by atoms with E-state index in [0.29, 0.717) is 13.1 Å². The summed E-state index contributed by atoms with van der Waals surface area (Å²) < 4.78 is 1.48. The minimum Gasteiger partial charge on any atom is -0.476 e. The lowest BCUT2D eigenvalue weighted by molar-refractivity contribution is 0.0690. The second-order valence-electron chi connectivity index (χ2n) is 4.37. The number of aromatic carboxylic acids is 1. The normalized spacial score (nSPS) is 10.7. The van der Waals surface area contributed by atoms with E-state index < -0.39 is 5.97 Å². The van der Waals surface area contributed by atoms with Crippen LogP contribution in [0.3, 0.4) is 0 Å². The molecule has 0 amide bonds. The van der Waals surface area contributed by atoms with E-state index in [4.69, 9.17) is 5.11 Å². The third kappa shape index (κ3) is 2.78. The third-order valence-corrected chi connectivity index (χ3v) is 2.96. The lowest BCUT2D eigenvalue weighted by atomic mass is 10.2. The molecular weight excluding hydrogens is 272 g/mol. The number of aromatic nitrogens is 5. The number of fused-ring (bicyclic) bond motifs is 1. The van der Waals surface area contributed by atoms with Gasteiger partial charge in [0.2, 0.25) is 0 Å². The average molecular weight is 284 g/mol. The summed E-state index contributed by atoms with van der Waals surface area (Å²) in [6.45, 7) is 1.06. The van der Waals surface area contributed by atoms with Crippen LogP contribution < -0.4 is 5.32 Å². The van der Waals surface area contributed by atoms with Gasteiger partial charge >= 0.3 is 5.97 Å². The molecule has 0 fully saturated rings. The molecule has 8 heteroatoms. The molecular formula is C13H12N6O2. The standard InChI is InChI=1S/C13H12N6O2/c20-13(21)12-8-19(18-17-12)6-5-14-11-7-15-16-10-4-2-1-3-9(10)11/h1-4,7-8H,5-6H2,(H,14,16)(H,20,21). The van der Waals surface area contributed by atoms with Gasteiger partial charge in [-0.25, -0.2) is 9.48 Å². The van der Waals surface area contributed by atoms with Crippen LogP contribution in [0, 0.1) is 0 Å². The molecule has 106 valence electrons. The van der Waals surface area contributed by atoms with Gasteiger partial charge in [-0.15, -0.1) is 5.10 Å².